The molecular formula is C7H12N2O. The van der Waals surface area contributed by atoms with Crippen molar-refractivity contribution in [2.45, 2.75) is 18.5 Å². The Balaban J connectivity index is 2.05. The lowest BCUT2D eigenvalue weighted by Crippen LogP contribution is -2.44. The number of hydrogen-bond donors (Lipinski definition) is 1. The van der Waals surface area contributed by atoms with E-state index in [-0.39, 0.29) is 5.66 Å². The van der Waals surface area contributed by atoms with Crippen LogP contribution in [0.15, 0.2) is 4.99 Å². The van der Waals surface area contributed by atoms with Crippen LogP contribution in [-0.4, -0.2) is 31.6 Å². The summed E-state index contributed by atoms with van der Waals surface area (Å²) in [5.41, 5.74) is 0.0677. The minimum atomic E-state index is 0.0677. The molecule has 56 valence electrons. The quantitative estimate of drug-likeness (QED) is 0.520. The SMILES string of the molecule is C1=NC2(CCOCC2)NC1. The van der Waals surface area contributed by atoms with Crippen LogP contribution in [0.4, 0.5) is 0 Å². The van der Waals surface area contributed by atoms with Crippen molar-refractivity contribution in [3.63, 3.8) is 0 Å². The van der Waals surface area contributed by atoms with Crippen molar-refractivity contribution < 1.29 is 4.74 Å². The third-order valence-corrected chi connectivity index (χ3v) is 2.18. The summed E-state index contributed by atoms with van der Waals surface area (Å²) in [5, 5.41) is 3.37. The van der Waals surface area contributed by atoms with Gasteiger partial charge < -0.3 is 4.74 Å². The van der Waals surface area contributed by atoms with Crippen molar-refractivity contribution in [2.75, 3.05) is 19.8 Å². The van der Waals surface area contributed by atoms with E-state index < -0.39 is 0 Å². The van der Waals surface area contributed by atoms with Crippen LogP contribution in [0.2, 0.25) is 0 Å². The minimum Gasteiger partial charge on any atom is -0.381 e. The molecular weight excluding hydrogens is 128 g/mol. The zero-order chi connectivity index (χ0) is 6.86. The standard InChI is InChI=1S/C7H12N2O/c1-5-10-6-2-7(1)8-3-4-9-7/h3,9H,1-2,4-6H2. The molecule has 0 amide bonds. The molecule has 0 radical (unpaired) electrons. The van der Waals surface area contributed by atoms with E-state index in [1.54, 1.807) is 0 Å². The lowest BCUT2D eigenvalue weighted by atomic mass is 10.0. The van der Waals surface area contributed by atoms with Crippen LogP contribution >= 0.6 is 0 Å². The number of nitrogens with zero attached hydrogens (tertiary/aromatic N) is 1. The molecule has 3 heteroatoms. The Bertz CT molecular complexity index is 150. The average Bonchev–Trinajstić information content (AvgIpc) is 2.39. The number of hydrogen-bond acceptors (Lipinski definition) is 3. The molecule has 1 spiro atoms. The Kier molecular flexibility index (Phi) is 1.47. The van der Waals surface area contributed by atoms with Gasteiger partial charge in [0.05, 0.1) is 13.2 Å². The van der Waals surface area contributed by atoms with Gasteiger partial charge in [0.2, 0.25) is 0 Å². The molecule has 2 aliphatic heterocycles. The Morgan fingerprint density at radius 1 is 1.40 bits per heavy atom. The molecule has 2 heterocycles. The smallest absolute Gasteiger partial charge is 0.115 e. The van der Waals surface area contributed by atoms with Crippen LogP contribution in [0, 0.1) is 0 Å². The van der Waals surface area contributed by atoms with Gasteiger partial charge in [0.1, 0.15) is 5.66 Å². The normalized spacial score (nSPS) is 29.6. The molecule has 3 nitrogen and oxygen atoms in total. The highest BCUT2D eigenvalue weighted by Gasteiger charge is 2.32. The summed E-state index contributed by atoms with van der Waals surface area (Å²) in [7, 11) is 0. The second-order valence-corrected chi connectivity index (χ2v) is 2.84. The third kappa shape index (κ3) is 0.954. The van der Waals surface area contributed by atoms with Crippen LogP contribution in [0.5, 0.6) is 0 Å². The van der Waals surface area contributed by atoms with Crippen LogP contribution in [0.25, 0.3) is 0 Å². The second-order valence-electron chi connectivity index (χ2n) is 2.84. The van der Waals surface area contributed by atoms with E-state index in [1.807, 2.05) is 6.21 Å². The summed E-state index contributed by atoms with van der Waals surface area (Å²) in [6.07, 6.45) is 4.03. The predicted octanol–water partition coefficient (Wildman–Crippen LogP) is 0.167. The van der Waals surface area contributed by atoms with Crippen LogP contribution < -0.4 is 5.32 Å². The molecule has 1 saturated heterocycles. The van der Waals surface area contributed by atoms with Gasteiger partial charge in [-0.1, -0.05) is 0 Å². The summed E-state index contributed by atoms with van der Waals surface area (Å²) < 4.78 is 5.24. The maximum absolute atomic E-state index is 5.24. The van der Waals surface area contributed by atoms with Crippen molar-refractivity contribution in [2.24, 2.45) is 4.99 Å². The maximum Gasteiger partial charge on any atom is 0.115 e. The van der Waals surface area contributed by atoms with Gasteiger partial charge in [0.25, 0.3) is 0 Å². The molecule has 10 heavy (non-hydrogen) atoms. The molecule has 0 aliphatic carbocycles. The topological polar surface area (TPSA) is 33.6 Å². The van der Waals surface area contributed by atoms with Gasteiger partial charge in [-0.3, -0.25) is 10.3 Å². The van der Waals surface area contributed by atoms with E-state index in [2.05, 4.69) is 10.3 Å². The molecule has 2 aliphatic rings. The molecule has 2 rings (SSSR count). The van der Waals surface area contributed by atoms with Crippen LogP contribution in [0.3, 0.4) is 0 Å². The first-order valence-electron chi connectivity index (χ1n) is 3.78. The first-order valence-corrected chi connectivity index (χ1v) is 3.78. The zero-order valence-electron chi connectivity index (χ0n) is 5.97. The monoisotopic (exact) mass is 140 g/mol. The van der Waals surface area contributed by atoms with Gasteiger partial charge in [-0.25, -0.2) is 0 Å². The van der Waals surface area contributed by atoms with Gasteiger partial charge in [0.15, 0.2) is 0 Å². The highest BCUT2D eigenvalue weighted by atomic mass is 16.5. The molecule has 0 atom stereocenters. The molecule has 0 bridgehead atoms. The molecule has 0 aromatic carbocycles. The van der Waals surface area contributed by atoms with Crippen molar-refractivity contribution in [1.29, 1.82) is 0 Å². The fourth-order valence-corrected chi connectivity index (χ4v) is 1.52. The largest absolute Gasteiger partial charge is 0.381 e. The molecule has 0 unspecified atom stereocenters. The minimum absolute atomic E-state index is 0.0677. The molecule has 0 aromatic rings. The van der Waals surface area contributed by atoms with E-state index in [1.165, 1.54) is 0 Å². The molecule has 0 saturated carbocycles. The summed E-state index contributed by atoms with van der Waals surface area (Å²) in [6.45, 7) is 2.63. The molecule has 1 N–H and O–H groups in total. The van der Waals surface area contributed by atoms with Crippen molar-refractivity contribution in [1.82, 2.24) is 5.32 Å². The highest BCUT2D eigenvalue weighted by molar-refractivity contribution is 5.63. The first kappa shape index (κ1) is 6.31. The number of nitrogens with one attached hydrogen (secondary N) is 1. The first-order chi connectivity index (χ1) is 4.91. The van der Waals surface area contributed by atoms with Crippen LogP contribution in [0.1, 0.15) is 12.8 Å². The van der Waals surface area contributed by atoms with Gasteiger partial charge in [-0.2, -0.15) is 0 Å². The summed E-state index contributed by atoms with van der Waals surface area (Å²) >= 11 is 0. The second kappa shape index (κ2) is 2.32. The van der Waals surface area contributed by atoms with E-state index in [0.717, 1.165) is 32.6 Å². The van der Waals surface area contributed by atoms with Crippen molar-refractivity contribution in [3.8, 4) is 0 Å². The highest BCUT2D eigenvalue weighted by Crippen LogP contribution is 2.23. The Hall–Kier alpha value is -0.410. The fourth-order valence-electron chi connectivity index (χ4n) is 1.52. The maximum atomic E-state index is 5.24. The lowest BCUT2D eigenvalue weighted by molar-refractivity contribution is 0.0468. The van der Waals surface area contributed by atoms with Crippen molar-refractivity contribution in [3.05, 3.63) is 0 Å². The van der Waals surface area contributed by atoms with E-state index in [4.69, 9.17) is 4.74 Å². The Labute approximate surface area is 60.5 Å². The van der Waals surface area contributed by atoms with E-state index in [0.29, 0.717) is 0 Å². The number of aliphatic imine (C=N–C) groups is 1. The summed E-state index contributed by atoms with van der Waals surface area (Å²) in [6, 6.07) is 0. The van der Waals surface area contributed by atoms with Gasteiger partial charge >= 0.3 is 0 Å². The number of rotatable bonds is 0. The fraction of sp³-hybridized carbons (Fsp3) is 0.857. The van der Waals surface area contributed by atoms with Crippen molar-refractivity contribution >= 4 is 6.21 Å². The third-order valence-electron chi connectivity index (χ3n) is 2.18. The van der Waals surface area contributed by atoms with Gasteiger partial charge in [-0.05, 0) is 0 Å². The van der Waals surface area contributed by atoms with Gasteiger partial charge in [-0.15, -0.1) is 0 Å². The lowest BCUT2D eigenvalue weighted by Gasteiger charge is -2.30. The average molecular weight is 140 g/mol. The zero-order valence-corrected chi connectivity index (χ0v) is 5.97. The Morgan fingerprint density at radius 3 is 2.80 bits per heavy atom. The predicted molar refractivity (Wildman–Crippen MR) is 39.3 cm³/mol. The molecule has 0 aromatic heterocycles. The molecule has 1 fully saturated rings. The van der Waals surface area contributed by atoms with Gasteiger partial charge in [0, 0.05) is 25.6 Å². The summed E-state index contributed by atoms with van der Waals surface area (Å²) in [5.74, 6) is 0. The van der Waals surface area contributed by atoms with E-state index in [9.17, 15) is 0 Å². The van der Waals surface area contributed by atoms with Crippen LogP contribution in [-0.2, 0) is 4.74 Å². The number of ether oxygens (including phenoxy) is 1. The Morgan fingerprint density at radius 2 is 2.20 bits per heavy atom. The van der Waals surface area contributed by atoms with E-state index >= 15 is 0 Å². The summed E-state index contributed by atoms with van der Waals surface area (Å²) in [4.78, 5) is 4.41.